The Kier molecular flexibility index (Phi) is 9.01. The molecule has 2 aromatic heterocycles. The smallest absolute Gasteiger partial charge is 0.363 e. The zero-order valence-electron chi connectivity index (χ0n) is 26.4. The van der Waals surface area contributed by atoms with Crippen LogP contribution in [0.3, 0.4) is 0 Å². The molecule has 0 aliphatic carbocycles. The van der Waals surface area contributed by atoms with Gasteiger partial charge in [0, 0.05) is 55.2 Å². The van der Waals surface area contributed by atoms with E-state index in [2.05, 4.69) is 20.2 Å². The molecule has 3 N–H and O–H groups in total. The van der Waals surface area contributed by atoms with E-state index in [0.29, 0.717) is 47.5 Å². The average molecular weight is 701 g/mol. The zero-order chi connectivity index (χ0) is 33.7. The minimum Gasteiger partial charge on any atom is -0.383 e. The molecule has 4 fully saturated rings. The van der Waals surface area contributed by atoms with Crippen molar-refractivity contribution in [2.24, 2.45) is 0 Å². The fraction of sp³-hybridized carbons (Fsp3) is 0.531. The first kappa shape index (κ1) is 33.0. The number of nitrogens with one attached hydrogen (secondary N) is 1. The van der Waals surface area contributed by atoms with Crippen molar-refractivity contribution in [3.8, 4) is 0 Å². The molecule has 256 valence electrons. The third-order valence-corrected chi connectivity index (χ3v) is 12.1. The fourth-order valence-electron chi connectivity index (χ4n) is 7.50. The third-order valence-electron chi connectivity index (χ3n) is 10.1. The monoisotopic (exact) mass is 700 g/mol. The molecule has 0 saturated carbocycles. The summed E-state index contributed by atoms with van der Waals surface area (Å²) in [5.41, 5.74) is 0.845. The second-order valence-corrected chi connectivity index (χ2v) is 15.8. The maximum atomic E-state index is 14.3. The van der Waals surface area contributed by atoms with Gasteiger partial charge in [-0.3, -0.25) is 18.9 Å². The first-order chi connectivity index (χ1) is 23.0. The van der Waals surface area contributed by atoms with Crippen LogP contribution < -0.4 is 10.2 Å². The van der Waals surface area contributed by atoms with Crippen LogP contribution in [-0.4, -0.2) is 105 Å². The van der Waals surface area contributed by atoms with Gasteiger partial charge in [-0.15, -0.1) is 11.3 Å². The topological polar surface area (TPSA) is 166 Å². The van der Waals surface area contributed by atoms with Crippen molar-refractivity contribution >= 4 is 52.6 Å². The van der Waals surface area contributed by atoms with Gasteiger partial charge < -0.3 is 34.5 Å². The molecule has 4 aliphatic heterocycles. The third kappa shape index (κ3) is 6.11. The average Bonchev–Trinajstić information content (AvgIpc) is 3.62. The van der Waals surface area contributed by atoms with Crippen LogP contribution >= 0.6 is 18.9 Å². The minimum atomic E-state index is -4.98. The van der Waals surface area contributed by atoms with Crippen molar-refractivity contribution in [3.63, 3.8) is 0 Å². The molecule has 1 aromatic carbocycles. The number of benzene rings is 1. The van der Waals surface area contributed by atoms with E-state index in [9.17, 15) is 33.1 Å². The molecule has 4 aliphatic rings. The van der Waals surface area contributed by atoms with E-state index < -0.39 is 31.5 Å². The Labute approximate surface area is 280 Å². The van der Waals surface area contributed by atoms with Crippen LogP contribution in [0.25, 0.3) is 10.1 Å². The maximum Gasteiger partial charge on any atom is 0.363 e. The lowest BCUT2D eigenvalue weighted by molar-refractivity contribution is -0.148. The number of thiophene rings is 1. The number of aromatic nitrogens is 2. The summed E-state index contributed by atoms with van der Waals surface area (Å²) < 4.78 is 31.7. The van der Waals surface area contributed by atoms with Crippen molar-refractivity contribution in [1.82, 2.24) is 25.1 Å². The van der Waals surface area contributed by atoms with Crippen LogP contribution in [-0.2, 0) is 18.9 Å². The first-order valence-corrected chi connectivity index (χ1v) is 18.7. The molecule has 7 rings (SSSR count). The van der Waals surface area contributed by atoms with Gasteiger partial charge in [-0.2, -0.15) is 0 Å². The molecular formula is C32H38FN6O7PS. The molecule has 0 radical (unpaired) electrons. The lowest BCUT2D eigenvalue weighted by Gasteiger charge is -2.46. The standard InChI is InChI=1S/C32H38FN6O7PS/c1-46-16-22-9-10-38(22)29-23(13-34-17-35-29)20-14-37(15-20)32(42)25-7-6-21-3-2-4-24(31(41)39(21)25)36-30(40)27-12-19-11-18(5-8-26(19)48-27)28(33)47(43,44)45/h5,8,11-13,17,20-22,24-25,28H,2-4,6-7,9-10,14-16H2,1H3,(H,36,40)(H2,43,44,45)/t21-,22-,24-,25-,28-/m0/s1. The largest absolute Gasteiger partial charge is 0.383 e. The number of carbonyl (C=O) groups is 3. The Morgan fingerprint density at radius 1 is 1.17 bits per heavy atom. The second-order valence-electron chi connectivity index (χ2n) is 13.1. The Morgan fingerprint density at radius 3 is 2.71 bits per heavy atom. The van der Waals surface area contributed by atoms with Crippen molar-refractivity contribution in [3.05, 3.63) is 52.8 Å². The van der Waals surface area contributed by atoms with Gasteiger partial charge in [-0.05, 0) is 67.7 Å². The molecule has 0 unspecified atom stereocenters. The molecule has 5 atom stereocenters. The van der Waals surface area contributed by atoms with Crippen molar-refractivity contribution < 1.29 is 37.9 Å². The second kappa shape index (κ2) is 13.1. The van der Waals surface area contributed by atoms with E-state index in [1.54, 1.807) is 18.3 Å². The summed E-state index contributed by atoms with van der Waals surface area (Å²) in [6.45, 7) is 2.57. The highest BCUT2D eigenvalue weighted by Gasteiger charge is 2.48. The molecule has 16 heteroatoms. The van der Waals surface area contributed by atoms with Crippen molar-refractivity contribution in [2.45, 2.75) is 74.5 Å². The number of likely N-dealkylation sites (tertiary alicyclic amines) is 1. The van der Waals surface area contributed by atoms with E-state index in [4.69, 9.17) is 4.74 Å². The van der Waals surface area contributed by atoms with Gasteiger partial charge in [-0.1, -0.05) is 6.07 Å². The van der Waals surface area contributed by atoms with Crippen molar-refractivity contribution in [1.29, 1.82) is 0 Å². The Hall–Kier alpha value is -3.49. The summed E-state index contributed by atoms with van der Waals surface area (Å²) in [5, 5.41) is 3.35. The first-order valence-electron chi connectivity index (χ1n) is 16.2. The van der Waals surface area contributed by atoms with Crippen LogP contribution in [0.2, 0.25) is 0 Å². The molecule has 48 heavy (non-hydrogen) atoms. The lowest BCUT2D eigenvalue weighted by Crippen LogP contribution is -2.59. The number of anilines is 1. The number of alkyl halides is 1. The van der Waals surface area contributed by atoms with Crippen LogP contribution in [0.5, 0.6) is 0 Å². The molecule has 13 nitrogen and oxygen atoms in total. The zero-order valence-corrected chi connectivity index (χ0v) is 28.1. The summed E-state index contributed by atoms with van der Waals surface area (Å²) in [7, 11) is -3.29. The number of rotatable bonds is 9. The summed E-state index contributed by atoms with van der Waals surface area (Å²) >= 11 is 1.14. The number of hydrogen-bond acceptors (Lipinski definition) is 9. The number of nitrogens with zero attached hydrogens (tertiary/aromatic N) is 5. The number of fused-ring (bicyclic) bond motifs is 2. The van der Waals surface area contributed by atoms with Crippen LogP contribution in [0.15, 0.2) is 36.8 Å². The van der Waals surface area contributed by atoms with Crippen LogP contribution in [0.4, 0.5) is 10.2 Å². The molecule has 0 spiro atoms. The van der Waals surface area contributed by atoms with E-state index in [-0.39, 0.29) is 35.4 Å². The Bertz CT molecular complexity index is 1780. The molecule has 3 amide bonds. The predicted molar refractivity (Wildman–Crippen MR) is 175 cm³/mol. The quantitative estimate of drug-likeness (QED) is 0.282. The number of amides is 3. The summed E-state index contributed by atoms with van der Waals surface area (Å²) in [6.07, 6.45) is 7.65. The fourth-order valence-corrected chi connectivity index (χ4v) is 8.99. The van der Waals surface area contributed by atoms with Crippen LogP contribution in [0, 0.1) is 0 Å². The van der Waals surface area contributed by atoms with E-state index in [1.165, 1.54) is 24.3 Å². The maximum absolute atomic E-state index is 14.3. The predicted octanol–water partition coefficient (Wildman–Crippen LogP) is 3.33. The van der Waals surface area contributed by atoms with Gasteiger partial charge in [0.25, 0.3) is 5.91 Å². The summed E-state index contributed by atoms with van der Waals surface area (Å²) in [4.78, 5) is 74.5. The van der Waals surface area contributed by atoms with Gasteiger partial charge in [0.15, 0.2) is 0 Å². The summed E-state index contributed by atoms with van der Waals surface area (Å²) in [6, 6.07) is 4.49. The van der Waals surface area contributed by atoms with Gasteiger partial charge in [0.2, 0.25) is 17.7 Å². The van der Waals surface area contributed by atoms with Crippen molar-refractivity contribution in [2.75, 3.05) is 38.3 Å². The highest BCUT2D eigenvalue weighted by molar-refractivity contribution is 7.51. The molecule has 3 aromatic rings. The van der Waals surface area contributed by atoms with Gasteiger partial charge in [-0.25, -0.2) is 14.4 Å². The molecular weight excluding hydrogens is 662 g/mol. The molecule has 0 bridgehead atoms. The Morgan fingerprint density at radius 2 is 1.98 bits per heavy atom. The lowest BCUT2D eigenvalue weighted by atomic mass is 9.90. The number of hydrogen-bond donors (Lipinski definition) is 3. The van der Waals surface area contributed by atoms with Gasteiger partial charge in [0.1, 0.15) is 24.2 Å². The normalized spacial score (nSPS) is 25.3. The highest BCUT2D eigenvalue weighted by Crippen LogP contribution is 2.53. The number of ether oxygens (including phenoxy) is 1. The molecule has 6 heterocycles. The minimum absolute atomic E-state index is 0.0610. The van der Waals surface area contributed by atoms with E-state index in [1.807, 2.05) is 11.1 Å². The van der Waals surface area contributed by atoms with Gasteiger partial charge in [0.05, 0.1) is 17.5 Å². The van der Waals surface area contributed by atoms with E-state index >= 15 is 0 Å². The summed E-state index contributed by atoms with van der Waals surface area (Å²) in [5.74, 6) is -2.27. The molecule has 4 saturated heterocycles. The number of halogens is 1. The SMILES string of the molecule is COC[C@@H]1CCN1c1ncncc1C1CN(C(=O)[C@@H]2CC[C@@H]3CCC[C@H](NC(=O)c4cc5cc([C@@H](F)P(=O)(O)O)ccc5s4)C(=O)N32)C1. The Balaban J connectivity index is 1.01. The van der Waals surface area contributed by atoms with Crippen LogP contribution in [0.1, 0.15) is 71.2 Å². The number of carbonyl (C=O) groups excluding carboxylic acids is 3. The highest BCUT2D eigenvalue weighted by atomic mass is 32.1. The van der Waals surface area contributed by atoms with Gasteiger partial charge >= 0.3 is 7.60 Å². The number of methoxy groups -OCH3 is 1. The van der Waals surface area contributed by atoms with E-state index in [0.717, 1.165) is 54.9 Å².